The molecule has 94 valence electrons. The maximum absolute atomic E-state index is 11.9. The van der Waals surface area contributed by atoms with Gasteiger partial charge in [0.25, 0.3) is 5.91 Å². The predicted octanol–water partition coefficient (Wildman–Crippen LogP) is 4.02. The number of hydrogen-bond acceptors (Lipinski definition) is 2. The molecule has 2 aromatic carbocycles. The molecule has 1 amide bonds. The summed E-state index contributed by atoms with van der Waals surface area (Å²) in [5, 5.41) is 3.36. The Hall–Kier alpha value is -1.40. The quantitative estimate of drug-likeness (QED) is 0.744. The molecule has 0 atom stereocenters. The van der Waals surface area contributed by atoms with Gasteiger partial charge in [0.05, 0.1) is 11.4 Å². The van der Waals surface area contributed by atoms with Gasteiger partial charge in [0, 0.05) is 14.2 Å². The van der Waals surface area contributed by atoms with Crippen LogP contribution in [-0.4, -0.2) is 11.6 Å². The molecule has 1 aliphatic rings. The van der Waals surface area contributed by atoms with Gasteiger partial charge in [-0.1, -0.05) is 11.6 Å². The summed E-state index contributed by atoms with van der Waals surface area (Å²) in [6.45, 7) is 0. The molecular formula is C14H8ClIN2O. The minimum Gasteiger partial charge on any atom is -0.320 e. The van der Waals surface area contributed by atoms with E-state index in [-0.39, 0.29) is 5.91 Å². The van der Waals surface area contributed by atoms with E-state index in [2.05, 4.69) is 32.9 Å². The number of hydrogen-bond donors (Lipinski definition) is 1. The number of aliphatic imine (C=N–C) groups is 1. The average molecular weight is 383 g/mol. The minimum absolute atomic E-state index is 0.198. The molecule has 19 heavy (non-hydrogen) atoms. The van der Waals surface area contributed by atoms with Crippen LogP contribution in [0.2, 0.25) is 5.02 Å². The van der Waals surface area contributed by atoms with E-state index >= 15 is 0 Å². The zero-order valence-corrected chi connectivity index (χ0v) is 12.6. The topological polar surface area (TPSA) is 41.5 Å². The molecule has 0 aliphatic carbocycles. The van der Waals surface area contributed by atoms with Gasteiger partial charge in [-0.25, -0.2) is 4.99 Å². The highest BCUT2D eigenvalue weighted by atomic mass is 127. The first-order valence-corrected chi connectivity index (χ1v) is 7.05. The van der Waals surface area contributed by atoms with Crippen LogP contribution in [0.25, 0.3) is 0 Å². The summed E-state index contributed by atoms with van der Waals surface area (Å²) in [5.74, 6) is -0.198. The van der Waals surface area contributed by atoms with E-state index in [1.165, 1.54) is 0 Å². The molecule has 0 saturated heterocycles. The van der Waals surface area contributed by atoms with E-state index in [1.54, 1.807) is 18.2 Å². The fourth-order valence-corrected chi connectivity index (χ4v) is 2.41. The Morgan fingerprint density at radius 1 is 1.11 bits per heavy atom. The summed E-state index contributed by atoms with van der Waals surface area (Å²) < 4.78 is 1.13. The van der Waals surface area contributed by atoms with Crippen LogP contribution in [0.1, 0.15) is 5.56 Å². The Kier molecular flexibility index (Phi) is 3.28. The summed E-state index contributed by atoms with van der Waals surface area (Å²) in [4.78, 5) is 16.3. The number of carbonyl (C=O) groups excluding carboxylic acids is 1. The van der Waals surface area contributed by atoms with Crippen molar-refractivity contribution in [3.05, 3.63) is 56.6 Å². The number of anilines is 1. The molecule has 0 unspecified atom stereocenters. The SMILES string of the molecule is O=C1Nc2ccc(Cl)cc2C1=Nc1ccc(I)cc1. The molecule has 0 spiro atoms. The Labute approximate surface area is 128 Å². The van der Waals surface area contributed by atoms with Gasteiger partial charge in [-0.3, -0.25) is 4.79 Å². The van der Waals surface area contributed by atoms with Crippen molar-refractivity contribution in [3.8, 4) is 0 Å². The first-order valence-electron chi connectivity index (χ1n) is 5.59. The van der Waals surface area contributed by atoms with Crippen molar-refractivity contribution in [1.29, 1.82) is 0 Å². The number of fused-ring (bicyclic) bond motifs is 1. The lowest BCUT2D eigenvalue weighted by molar-refractivity contribution is -0.110. The van der Waals surface area contributed by atoms with Gasteiger partial charge in [-0.15, -0.1) is 0 Å². The monoisotopic (exact) mass is 382 g/mol. The third kappa shape index (κ3) is 2.50. The average Bonchev–Trinajstić information content (AvgIpc) is 2.69. The largest absolute Gasteiger partial charge is 0.320 e. The van der Waals surface area contributed by atoms with Crippen LogP contribution in [0, 0.1) is 3.57 Å². The molecule has 1 aliphatic heterocycles. The van der Waals surface area contributed by atoms with E-state index in [1.807, 2.05) is 24.3 Å². The summed E-state index contributed by atoms with van der Waals surface area (Å²) in [7, 11) is 0. The summed E-state index contributed by atoms with van der Waals surface area (Å²) in [5.41, 5.74) is 2.65. The summed E-state index contributed by atoms with van der Waals surface area (Å²) >= 11 is 8.19. The number of benzene rings is 2. The van der Waals surface area contributed by atoms with Gasteiger partial charge in [0.15, 0.2) is 0 Å². The van der Waals surface area contributed by atoms with E-state index < -0.39 is 0 Å². The Balaban J connectivity index is 2.08. The van der Waals surface area contributed by atoms with Crippen molar-refractivity contribution in [1.82, 2.24) is 0 Å². The first-order chi connectivity index (χ1) is 9.13. The Morgan fingerprint density at radius 3 is 2.58 bits per heavy atom. The highest BCUT2D eigenvalue weighted by Gasteiger charge is 2.25. The van der Waals surface area contributed by atoms with Gasteiger partial charge in [0.2, 0.25) is 0 Å². The maximum atomic E-state index is 11.9. The van der Waals surface area contributed by atoms with E-state index in [0.717, 1.165) is 20.5 Å². The lowest BCUT2D eigenvalue weighted by Crippen LogP contribution is -2.13. The molecule has 3 rings (SSSR count). The van der Waals surface area contributed by atoms with E-state index in [9.17, 15) is 4.79 Å². The van der Waals surface area contributed by atoms with Gasteiger partial charge < -0.3 is 5.32 Å². The highest BCUT2D eigenvalue weighted by Crippen LogP contribution is 2.28. The number of carbonyl (C=O) groups is 1. The van der Waals surface area contributed by atoms with Crippen LogP contribution in [0.3, 0.4) is 0 Å². The normalized spacial score (nSPS) is 15.5. The second kappa shape index (κ2) is 4.94. The third-order valence-corrected chi connectivity index (χ3v) is 3.72. The number of nitrogens with zero attached hydrogens (tertiary/aromatic N) is 1. The molecule has 1 N–H and O–H groups in total. The van der Waals surface area contributed by atoms with Gasteiger partial charge >= 0.3 is 0 Å². The molecule has 0 fully saturated rings. The lowest BCUT2D eigenvalue weighted by atomic mass is 10.1. The smallest absolute Gasteiger partial charge is 0.275 e. The third-order valence-electron chi connectivity index (χ3n) is 2.77. The van der Waals surface area contributed by atoms with Crippen LogP contribution >= 0.6 is 34.2 Å². The van der Waals surface area contributed by atoms with Gasteiger partial charge in [-0.2, -0.15) is 0 Å². The van der Waals surface area contributed by atoms with Crippen molar-refractivity contribution in [2.45, 2.75) is 0 Å². The highest BCUT2D eigenvalue weighted by molar-refractivity contribution is 14.1. The standard InChI is InChI=1S/C14H8ClIN2O/c15-8-1-6-12-11(7-8)13(14(19)18-12)17-10-4-2-9(16)3-5-10/h1-7H,(H,17,18,19). The van der Waals surface area contributed by atoms with Crippen LogP contribution in [-0.2, 0) is 4.79 Å². The summed E-state index contributed by atoms with van der Waals surface area (Å²) in [6, 6.07) is 12.9. The molecule has 0 aromatic heterocycles. The van der Waals surface area contributed by atoms with Crippen molar-refractivity contribution < 1.29 is 4.79 Å². The fraction of sp³-hybridized carbons (Fsp3) is 0. The molecule has 0 saturated carbocycles. The van der Waals surface area contributed by atoms with Crippen LogP contribution < -0.4 is 5.32 Å². The van der Waals surface area contributed by atoms with Crippen molar-refractivity contribution in [3.63, 3.8) is 0 Å². The molecule has 1 heterocycles. The number of nitrogens with one attached hydrogen (secondary N) is 1. The zero-order valence-electron chi connectivity index (χ0n) is 9.65. The van der Waals surface area contributed by atoms with Gasteiger partial charge in [-0.05, 0) is 65.1 Å². The molecule has 5 heteroatoms. The molecule has 0 radical (unpaired) electrons. The molecular weight excluding hydrogens is 375 g/mol. The Bertz CT molecular complexity index is 695. The molecule has 3 nitrogen and oxygen atoms in total. The van der Waals surface area contributed by atoms with E-state index in [0.29, 0.717) is 10.7 Å². The van der Waals surface area contributed by atoms with Crippen LogP contribution in [0.5, 0.6) is 0 Å². The summed E-state index contributed by atoms with van der Waals surface area (Å²) in [6.07, 6.45) is 0. The van der Waals surface area contributed by atoms with Crippen LogP contribution in [0.15, 0.2) is 47.5 Å². The zero-order chi connectivity index (χ0) is 13.4. The van der Waals surface area contributed by atoms with E-state index in [4.69, 9.17) is 11.6 Å². The second-order valence-corrected chi connectivity index (χ2v) is 5.76. The fourth-order valence-electron chi connectivity index (χ4n) is 1.88. The first kappa shape index (κ1) is 12.6. The number of amides is 1. The van der Waals surface area contributed by atoms with Gasteiger partial charge in [0.1, 0.15) is 5.71 Å². The van der Waals surface area contributed by atoms with Crippen molar-refractivity contribution in [2.24, 2.45) is 4.99 Å². The lowest BCUT2D eigenvalue weighted by Gasteiger charge is -1.99. The number of rotatable bonds is 1. The van der Waals surface area contributed by atoms with Crippen molar-refractivity contribution >= 4 is 57.2 Å². The second-order valence-electron chi connectivity index (χ2n) is 4.08. The number of halogens is 2. The predicted molar refractivity (Wildman–Crippen MR) is 85.4 cm³/mol. The Morgan fingerprint density at radius 2 is 1.84 bits per heavy atom. The molecule has 0 bridgehead atoms. The minimum atomic E-state index is -0.198. The van der Waals surface area contributed by atoms with Crippen molar-refractivity contribution in [2.75, 3.05) is 5.32 Å². The molecule has 2 aromatic rings. The maximum Gasteiger partial charge on any atom is 0.275 e. The van der Waals surface area contributed by atoms with Crippen LogP contribution in [0.4, 0.5) is 11.4 Å².